The maximum atomic E-state index is 11.2. The standard InChI is InChI=1S/C30H35ClN2O2S/c1-4-5-7-26-22(2)21-35-29-14-13-25(36-32-3)20-28(29)27(26)8-6-17-33-18-15-30(34,16-19-33)23-9-11-24(31)12-10-23/h4-5,7-14,20,32,34H,2,6,15-19,21H2,1,3H3/b5-4-,26-7+,27-8+. The van der Waals surface area contributed by atoms with Crippen LogP contribution >= 0.6 is 23.5 Å². The number of fused-ring (bicyclic) bond motifs is 1. The lowest BCUT2D eigenvalue weighted by atomic mass is 9.84. The number of likely N-dealkylation sites (tertiary alicyclic amines) is 1. The fourth-order valence-electron chi connectivity index (χ4n) is 4.81. The quantitative estimate of drug-likeness (QED) is 0.393. The zero-order valence-corrected chi connectivity index (χ0v) is 22.7. The van der Waals surface area contributed by atoms with Crippen LogP contribution in [-0.2, 0) is 5.60 Å². The van der Waals surface area contributed by atoms with Gasteiger partial charge in [-0.3, -0.25) is 4.72 Å². The van der Waals surface area contributed by atoms with Crippen LogP contribution in [0.2, 0.25) is 5.02 Å². The highest BCUT2D eigenvalue weighted by atomic mass is 35.5. The Balaban J connectivity index is 1.51. The van der Waals surface area contributed by atoms with Crippen molar-refractivity contribution in [1.82, 2.24) is 9.62 Å². The molecule has 2 aromatic rings. The number of ether oxygens (including phenoxy) is 1. The molecule has 2 aromatic carbocycles. The second-order valence-electron chi connectivity index (χ2n) is 9.25. The fourth-order valence-corrected chi connectivity index (χ4v) is 5.49. The maximum absolute atomic E-state index is 11.2. The molecule has 4 rings (SSSR count). The van der Waals surface area contributed by atoms with Crippen molar-refractivity contribution in [2.45, 2.75) is 36.7 Å². The topological polar surface area (TPSA) is 44.7 Å². The summed E-state index contributed by atoms with van der Waals surface area (Å²) in [6.07, 6.45) is 10.9. The van der Waals surface area contributed by atoms with E-state index in [1.807, 2.05) is 44.3 Å². The van der Waals surface area contributed by atoms with Gasteiger partial charge in [0.2, 0.25) is 0 Å². The summed E-state index contributed by atoms with van der Waals surface area (Å²) in [6.45, 7) is 9.47. The van der Waals surface area contributed by atoms with Gasteiger partial charge >= 0.3 is 0 Å². The van der Waals surface area contributed by atoms with E-state index in [0.29, 0.717) is 11.6 Å². The summed E-state index contributed by atoms with van der Waals surface area (Å²) in [6, 6.07) is 13.9. The first-order valence-corrected chi connectivity index (χ1v) is 13.7. The molecule has 1 saturated heterocycles. The van der Waals surface area contributed by atoms with Crippen LogP contribution in [0.3, 0.4) is 0 Å². The molecule has 0 unspecified atom stereocenters. The summed E-state index contributed by atoms with van der Waals surface area (Å²) in [4.78, 5) is 3.58. The van der Waals surface area contributed by atoms with Gasteiger partial charge in [0.25, 0.3) is 0 Å². The smallest absolute Gasteiger partial charge is 0.127 e. The van der Waals surface area contributed by atoms with Crippen molar-refractivity contribution in [3.63, 3.8) is 0 Å². The van der Waals surface area contributed by atoms with Crippen molar-refractivity contribution < 1.29 is 9.84 Å². The van der Waals surface area contributed by atoms with Gasteiger partial charge in [-0.1, -0.05) is 54.6 Å². The van der Waals surface area contributed by atoms with Gasteiger partial charge in [-0.25, -0.2) is 0 Å². The number of piperidine rings is 1. The second-order valence-corrected chi connectivity index (χ2v) is 10.8. The first-order chi connectivity index (χ1) is 17.4. The Morgan fingerprint density at radius 1 is 1.17 bits per heavy atom. The van der Waals surface area contributed by atoms with E-state index in [2.05, 4.69) is 52.6 Å². The molecular weight excluding hydrogens is 488 g/mol. The van der Waals surface area contributed by atoms with Crippen LogP contribution in [0.25, 0.3) is 5.57 Å². The number of halogens is 1. The highest BCUT2D eigenvalue weighted by Crippen LogP contribution is 2.40. The average Bonchev–Trinajstić information content (AvgIpc) is 3.01. The lowest BCUT2D eigenvalue weighted by molar-refractivity contribution is -0.0254. The monoisotopic (exact) mass is 522 g/mol. The van der Waals surface area contributed by atoms with Crippen molar-refractivity contribution in [2.75, 3.05) is 33.3 Å². The SMILES string of the molecule is C=C1COc2ccc(SNC)cc2C(=C/CCN2CCC(O)(c3ccc(Cl)cc3)CC2)/C1=C/C=C\C. The van der Waals surface area contributed by atoms with Crippen LogP contribution in [0.15, 0.2) is 89.4 Å². The van der Waals surface area contributed by atoms with E-state index in [4.69, 9.17) is 16.3 Å². The number of allylic oxidation sites excluding steroid dienone is 4. The van der Waals surface area contributed by atoms with Crippen LogP contribution in [0, 0.1) is 0 Å². The molecule has 1 fully saturated rings. The minimum absolute atomic E-state index is 0.474. The molecule has 0 saturated carbocycles. The molecule has 0 bridgehead atoms. The lowest BCUT2D eigenvalue weighted by Gasteiger charge is -2.38. The predicted octanol–water partition coefficient (Wildman–Crippen LogP) is 6.77. The Morgan fingerprint density at radius 2 is 1.92 bits per heavy atom. The normalized spacial score (nSPS) is 20.5. The number of hydrogen-bond acceptors (Lipinski definition) is 5. The molecule has 0 amide bonds. The zero-order valence-electron chi connectivity index (χ0n) is 21.1. The minimum atomic E-state index is -0.779. The van der Waals surface area contributed by atoms with Gasteiger partial charge in [-0.15, -0.1) is 0 Å². The number of nitrogens with one attached hydrogen (secondary N) is 1. The highest BCUT2D eigenvalue weighted by molar-refractivity contribution is 7.97. The number of aliphatic hydroxyl groups is 1. The molecule has 6 heteroatoms. The summed E-state index contributed by atoms with van der Waals surface area (Å²) in [5.74, 6) is 0.887. The van der Waals surface area contributed by atoms with Gasteiger partial charge in [0.05, 0.1) is 5.60 Å². The number of nitrogens with zero attached hydrogens (tertiary/aromatic N) is 1. The van der Waals surface area contributed by atoms with Gasteiger partial charge in [0.15, 0.2) is 0 Å². The van der Waals surface area contributed by atoms with E-state index in [-0.39, 0.29) is 0 Å². The molecule has 36 heavy (non-hydrogen) atoms. The van der Waals surface area contributed by atoms with E-state index in [1.165, 1.54) is 5.57 Å². The van der Waals surface area contributed by atoms with E-state index in [1.54, 1.807) is 11.9 Å². The molecule has 2 aliphatic heterocycles. The van der Waals surface area contributed by atoms with Crippen LogP contribution in [0.5, 0.6) is 5.75 Å². The van der Waals surface area contributed by atoms with Crippen molar-refractivity contribution >= 4 is 29.1 Å². The number of hydrogen-bond donors (Lipinski definition) is 2. The van der Waals surface area contributed by atoms with Crippen molar-refractivity contribution in [1.29, 1.82) is 0 Å². The molecule has 2 N–H and O–H groups in total. The van der Waals surface area contributed by atoms with E-state index in [0.717, 1.165) is 71.8 Å². The molecule has 2 aliphatic rings. The second kappa shape index (κ2) is 12.3. The molecule has 2 heterocycles. The molecule has 0 radical (unpaired) electrons. The lowest BCUT2D eigenvalue weighted by Crippen LogP contribution is -2.42. The molecule has 0 spiro atoms. The molecule has 0 aliphatic carbocycles. The third-order valence-electron chi connectivity index (χ3n) is 6.85. The molecule has 4 nitrogen and oxygen atoms in total. The van der Waals surface area contributed by atoms with Gasteiger partial charge < -0.3 is 14.7 Å². The van der Waals surface area contributed by atoms with Gasteiger partial charge in [0.1, 0.15) is 12.4 Å². The van der Waals surface area contributed by atoms with Crippen molar-refractivity contribution in [2.24, 2.45) is 0 Å². The fraction of sp³-hybridized carbons (Fsp3) is 0.333. The Bertz CT molecular complexity index is 1160. The van der Waals surface area contributed by atoms with E-state index >= 15 is 0 Å². The highest BCUT2D eigenvalue weighted by Gasteiger charge is 2.33. The van der Waals surface area contributed by atoms with Crippen LogP contribution in [-0.4, -0.2) is 43.3 Å². The molecule has 190 valence electrons. The summed E-state index contributed by atoms with van der Waals surface area (Å²) in [5.41, 5.74) is 4.53. The Hall–Kier alpha value is -2.28. The maximum Gasteiger partial charge on any atom is 0.127 e. The minimum Gasteiger partial charge on any atom is -0.488 e. The Morgan fingerprint density at radius 3 is 2.61 bits per heavy atom. The van der Waals surface area contributed by atoms with Crippen molar-refractivity contribution in [3.8, 4) is 5.75 Å². The van der Waals surface area contributed by atoms with E-state index < -0.39 is 5.60 Å². The van der Waals surface area contributed by atoms with Crippen LogP contribution in [0.4, 0.5) is 0 Å². The zero-order chi connectivity index (χ0) is 25.5. The first-order valence-electron chi connectivity index (χ1n) is 12.5. The largest absolute Gasteiger partial charge is 0.488 e. The van der Waals surface area contributed by atoms with Crippen molar-refractivity contribution in [3.05, 3.63) is 101 Å². The first kappa shape index (κ1) is 26.8. The molecular formula is C30H35ClN2O2S. The van der Waals surface area contributed by atoms with Crippen LogP contribution < -0.4 is 9.46 Å². The molecule has 0 atom stereocenters. The Kier molecular flexibility index (Phi) is 9.15. The van der Waals surface area contributed by atoms with Crippen LogP contribution in [0.1, 0.15) is 37.3 Å². The number of rotatable bonds is 7. The predicted molar refractivity (Wildman–Crippen MR) is 153 cm³/mol. The summed E-state index contributed by atoms with van der Waals surface area (Å²) in [5, 5.41) is 11.9. The summed E-state index contributed by atoms with van der Waals surface area (Å²) < 4.78 is 9.28. The van der Waals surface area contributed by atoms with Gasteiger partial charge in [0, 0.05) is 35.1 Å². The number of benzene rings is 2. The Labute approximate surface area is 224 Å². The molecule has 0 aromatic heterocycles. The third-order valence-corrected chi connectivity index (χ3v) is 7.79. The third kappa shape index (κ3) is 6.34. The van der Waals surface area contributed by atoms with Gasteiger partial charge in [-0.05, 0) is 97.8 Å². The van der Waals surface area contributed by atoms with E-state index in [9.17, 15) is 5.11 Å². The summed E-state index contributed by atoms with van der Waals surface area (Å²) >= 11 is 7.63. The summed E-state index contributed by atoms with van der Waals surface area (Å²) in [7, 11) is 1.93. The average molecular weight is 523 g/mol. The van der Waals surface area contributed by atoms with Gasteiger partial charge in [-0.2, -0.15) is 0 Å².